The second-order valence-corrected chi connectivity index (χ2v) is 10.4. The Hall–Kier alpha value is -2.58. The van der Waals surface area contributed by atoms with Crippen LogP contribution in [0.5, 0.6) is 5.75 Å². The lowest BCUT2D eigenvalue weighted by Gasteiger charge is -2.38. The number of carbonyl (C=O) groups is 1. The highest BCUT2D eigenvalue weighted by Gasteiger charge is 2.35. The summed E-state index contributed by atoms with van der Waals surface area (Å²) in [5.74, 6) is 0.371. The van der Waals surface area contributed by atoms with Gasteiger partial charge >= 0.3 is 10.2 Å². The van der Waals surface area contributed by atoms with E-state index in [1.54, 1.807) is 30.3 Å². The SMILES string of the molecule is Cc1ccc2c(c1)OC(C)(C)CC2NC(=O)CN(c1ccccc1)S(=O)(=O)N(C)C. The molecule has 1 N–H and O–H groups in total. The van der Waals surface area contributed by atoms with E-state index in [0.29, 0.717) is 12.1 Å². The smallest absolute Gasteiger partial charge is 0.304 e. The summed E-state index contributed by atoms with van der Waals surface area (Å²) in [6.45, 7) is 5.63. The fourth-order valence-corrected chi connectivity index (χ4v) is 4.62. The number of anilines is 1. The zero-order valence-electron chi connectivity index (χ0n) is 18.0. The van der Waals surface area contributed by atoms with Crippen molar-refractivity contribution in [2.24, 2.45) is 0 Å². The molecule has 2 aromatic carbocycles. The molecular formula is C22H29N3O4S. The molecule has 0 radical (unpaired) electrons. The summed E-state index contributed by atoms with van der Waals surface area (Å²) in [5.41, 5.74) is 1.96. The lowest BCUT2D eigenvalue weighted by atomic mass is 9.89. The van der Waals surface area contributed by atoms with Gasteiger partial charge in [-0.1, -0.05) is 30.3 Å². The number of aryl methyl sites for hydroxylation is 1. The van der Waals surface area contributed by atoms with Gasteiger partial charge < -0.3 is 10.1 Å². The number of hydrogen-bond donors (Lipinski definition) is 1. The molecule has 1 unspecified atom stereocenters. The summed E-state index contributed by atoms with van der Waals surface area (Å²) in [5, 5.41) is 3.02. The molecule has 1 atom stereocenters. The zero-order valence-corrected chi connectivity index (χ0v) is 18.9. The number of nitrogens with zero attached hydrogens (tertiary/aromatic N) is 2. The Morgan fingerprint density at radius 2 is 1.83 bits per heavy atom. The second kappa shape index (κ2) is 8.28. The first-order valence-electron chi connectivity index (χ1n) is 9.84. The lowest BCUT2D eigenvalue weighted by molar-refractivity contribution is -0.120. The standard InChI is InChI=1S/C22H29N3O4S/c1-16-11-12-18-19(14-22(2,3)29-20(18)13-16)23-21(26)15-25(30(27,28)24(4)5)17-9-7-6-8-10-17/h6-13,19H,14-15H2,1-5H3,(H,23,26). The second-order valence-electron chi connectivity index (χ2n) is 8.36. The quantitative estimate of drug-likeness (QED) is 0.763. The minimum atomic E-state index is -3.84. The van der Waals surface area contributed by atoms with E-state index < -0.39 is 15.8 Å². The van der Waals surface area contributed by atoms with Gasteiger partial charge in [-0.25, -0.2) is 4.31 Å². The Bertz CT molecular complexity index is 1020. The van der Waals surface area contributed by atoms with Crippen LogP contribution >= 0.6 is 0 Å². The molecule has 0 aromatic heterocycles. The maximum atomic E-state index is 13.0. The number of hydrogen-bond acceptors (Lipinski definition) is 4. The van der Waals surface area contributed by atoms with Crippen molar-refractivity contribution in [1.82, 2.24) is 9.62 Å². The molecule has 7 nitrogen and oxygen atoms in total. The van der Waals surface area contributed by atoms with Crippen LogP contribution in [-0.4, -0.2) is 44.9 Å². The topological polar surface area (TPSA) is 79.0 Å². The van der Waals surface area contributed by atoms with Gasteiger partial charge in [0.1, 0.15) is 17.9 Å². The molecule has 8 heteroatoms. The first kappa shape index (κ1) is 22.1. The van der Waals surface area contributed by atoms with E-state index in [0.717, 1.165) is 25.5 Å². The number of carbonyl (C=O) groups excluding carboxylic acids is 1. The highest BCUT2D eigenvalue weighted by atomic mass is 32.2. The number of ether oxygens (including phenoxy) is 1. The van der Waals surface area contributed by atoms with Gasteiger partial charge in [-0.05, 0) is 44.5 Å². The predicted octanol–water partition coefficient (Wildman–Crippen LogP) is 3.03. The molecule has 3 rings (SSSR count). The zero-order chi connectivity index (χ0) is 22.1. The summed E-state index contributed by atoms with van der Waals surface area (Å²) in [7, 11) is -0.941. The van der Waals surface area contributed by atoms with E-state index in [-0.39, 0.29) is 18.5 Å². The predicted molar refractivity (Wildman–Crippen MR) is 118 cm³/mol. The van der Waals surface area contributed by atoms with E-state index in [9.17, 15) is 13.2 Å². The lowest BCUT2D eigenvalue weighted by Crippen LogP contribution is -2.48. The largest absolute Gasteiger partial charge is 0.487 e. The van der Waals surface area contributed by atoms with Crippen molar-refractivity contribution in [3.8, 4) is 5.75 Å². The van der Waals surface area contributed by atoms with Gasteiger partial charge in [0.05, 0.1) is 11.7 Å². The van der Waals surface area contributed by atoms with Crippen LogP contribution in [0.25, 0.3) is 0 Å². The summed E-state index contributed by atoms with van der Waals surface area (Å²) in [4.78, 5) is 13.0. The number of amides is 1. The van der Waals surface area contributed by atoms with Crippen LogP contribution in [-0.2, 0) is 15.0 Å². The average molecular weight is 432 g/mol. The fraction of sp³-hybridized carbons (Fsp3) is 0.409. The van der Waals surface area contributed by atoms with E-state index in [1.807, 2.05) is 39.0 Å². The Kier molecular flexibility index (Phi) is 6.10. The van der Waals surface area contributed by atoms with Crippen molar-refractivity contribution < 1.29 is 17.9 Å². The number of benzene rings is 2. The van der Waals surface area contributed by atoms with E-state index in [2.05, 4.69) is 5.32 Å². The molecule has 0 bridgehead atoms. The maximum Gasteiger partial charge on any atom is 0.304 e. The molecule has 1 amide bonds. The van der Waals surface area contributed by atoms with Crippen LogP contribution in [0.3, 0.4) is 0 Å². The van der Waals surface area contributed by atoms with Crippen LogP contribution in [0.4, 0.5) is 5.69 Å². The third kappa shape index (κ3) is 4.76. The third-order valence-corrected chi connectivity index (χ3v) is 6.85. The van der Waals surface area contributed by atoms with Gasteiger partial charge in [-0.2, -0.15) is 12.7 Å². The third-order valence-electron chi connectivity index (χ3n) is 5.03. The average Bonchev–Trinajstić information content (AvgIpc) is 2.65. The molecule has 1 heterocycles. The van der Waals surface area contributed by atoms with E-state index in [4.69, 9.17) is 4.74 Å². The molecule has 30 heavy (non-hydrogen) atoms. The Morgan fingerprint density at radius 1 is 1.17 bits per heavy atom. The molecule has 162 valence electrons. The van der Waals surface area contributed by atoms with Crippen molar-refractivity contribution in [3.05, 3.63) is 59.7 Å². The Morgan fingerprint density at radius 3 is 2.47 bits per heavy atom. The summed E-state index contributed by atoms with van der Waals surface area (Å²) in [6, 6.07) is 14.2. The van der Waals surface area contributed by atoms with Gasteiger partial charge in [0.25, 0.3) is 0 Å². The van der Waals surface area contributed by atoms with Crippen LogP contribution in [0.15, 0.2) is 48.5 Å². The molecule has 0 spiro atoms. The van der Waals surface area contributed by atoms with Crippen LogP contribution < -0.4 is 14.4 Å². The van der Waals surface area contributed by atoms with Crippen molar-refractivity contribution in [2.45, 2.75) is 38.8 Å². The molecule has 0 saturated carbocycles. The first-order valence-corrected chi connectivity index (χ1v) is 11.2. The van der Waals surface area contributed by atoms with E-state index in [1.165, 1.54) is 14.1 Å². The molecule has 0 aliphatic carbocycles. The van der Waals surface area contributed by atoms with Crippen molar-refractivity contribution in [1.29, 1.82) is 0 Å². The molecule has 0 saturated heterocycles. The maximum absolute atomic E-state index is 13.0. The van der Waals surface area contributed by atoms with Crippen molar-refractivity contribution >= 4 is 21.8 Å². The Balaban J connectivity index is 1.86. The minimum absolute atomic E-state index is 0.267. The monoisotopic (exact) mass is 431 g/mol. The number of rotatable bonds is 6. The van der Waals surface area contributed by atoms with E-state index >= 15 is 0 Å². The number of fused-ring (bicyclic) bond motifs is 1. The van der Waals surface area contributed by atoms with Crippen molar-refractivity contribution in [3.63, 3.8) is 0 Å². The highest BCUT2D eigenvalue weighted by molar-refractivity contribution is 7.90. The normalized spacial score (nSPS) is 17.7. The van der Waals surface area contributed by atoms with Crippen LogP contribution in [0, 0.1) is 6.92 Å². The first-order chi connectivity index (χ1) is 14.0. The Labute approximate surface area is 178 Å². The van der Waals surface area contributed by atoms with Gasteiger partial charge in [0.15, 0.2) is 0 Å². The van der Waals surface area contributed by atoms with Gasteiger partial charge in [-0.15, -0.1) is 0 Å². The minimum Gasteiger partial charge on any atom is -0.487 e. The highest BCUT2D eigenvalue weighted by Crippen LogP contribution is 2.39. The molecule has 1 aliphatic heterocycles. The number of para-hydroxylation sites is 1. The van der Waals surface area contributed by atoms with Crippen LogP contribution in [0.1, 0.15) is 37.4 Å². The molecular weight excluding hydrogens is 402 g/mol. The summed E-state index contributed by atoms with van der Waals surface area (Å²) >= 11 is 0. The molecule has 0 fully saturated rings. The number of nitrogens with one attached hydrogen (secondary N) is 1. The summed E-state index contributed by atoms with van der Waals surface area (Å²) < 4.78 is 34.0. The molecule has 1 aliphatic rings. The molecule has 2 aromatic rings. The summed E-state index contributed by atoms with van der Waals surface area (Å²) in [6.07, 6.45) is 0.584. The van der Waals surface area contributed by atoms with Crippen molar-refractivity contribution in [2.75, 3.05) is 24.9 Å². The fourth-order valence-electron chi connectivity index (χ4n) is 3.56. The van der Waals surface area contributed by atoms with Crippen LogP contribution in [0.2, 0.25) is 0 Å². The van der Waals surface area contributed by atoms with Gasteiger partial charge in [-0.3, -0.25) is 4.79 Å². The van der Waals surface area contributed by atoms with Gasteiger partial charge in [0, 0.05) is 26.1 Å². The van der Waals surface area contributed by atoms with Gasteiger partial charge in [0.2, 0.25) is 5.91 Å².